The second kappa shape index (κ2) is 28.4. The van der Waals surface area contributed by atoms with Crippen LogP contribution >= 0.6 is 0 Å². The lowest BCUT2D eigenvalue weighted by atomic mass is 9.83. The highest BCUT2D eigenvalue weighted by Gasteiger charge is 2.57. The Morgan fingerprint density at radius 2 is 0.763 bits per heavy atom. The zero-order valence-electron chi connectivity index (χ0n) is 42.5. The average molecular weight is 1030 g/mol. The third-order valence-electron chi connectivity index (χ3n) is 13.5. The molecule has 394 valence electrons. The van der Waals surface area contributed by atoms with Crippen LogP contribution in [0.4, 0.5) is 0 Å². The van der Waals surface area contributed by atoms with Crippen molar-refractivity contribution in [1.82, 2.24) is 0 Å². The molecular formula is C62H65N3O11. The number of benzene rings is 7. The van der Waals surface area contributed by atoms with Gasteiger partial charge in [-0.2, -0.15) is 0 Å². The van der Waals surface area contributed by atoms with Gasteiger partial charge in [0.05, 0.1) is 60.0 Å². The normalized spacial score (nSPS) is 24.3. The van der Waals surface area contributed by atoms with E-state index < -0.39 is 67.3 Å². The van der Waals surface area contributed by atoms with Crippen molar-refractivity contribution in [3.05, 3.63) is 256 Å². The lowest BCUT2D eigenvalue weighted by molar-refractivity contribution is -0.339. The number of hydrogen-bond donors (Lipinski definition) is 1. The summed E-state index contributed by atoms with van der Waals surface area (Å²) in [6, 6.07) is 65.0. The van der Waals surface area contributed by atoms with Gasteiger partial charge in [-0.1, -0.05) is 199 Å². The summed E-state index contributed by atoms with van der Waals surface area (Å²) >= 11 is 0. The van der Waals surface area contributed by atoms with Crippen LogP contribution in [0.15, 0.2) is 211 Å². The Kier molecular flexibility index (Phi) is 20.2. The number of aliphatic hydroxyl groups excluding tert-OH is 1. The fraction of sp³-hybridized carbons (Fsp3) is 0.323. The van der Waals surface area contributed by atoms with E-state index in [2.05, 4.69) is 10.0 Å². The molecule has 0 radical (unpaired) electrons. The summed E-state index contributed by atoms with van der Waals surface area (Å²) in [5.41, 5.74) is 16.7. The Hall–Kier alpha value is -6.75. The minimum absolute atomic E-state index is 0.0409. The van der Waals surface area contributed by atoms with Crippen molar-refractivity contribution in [3.8, 4) is 5.75 Å². The quantitative estimate of drug-likeness (QED) is 0.0312. The fourth-order valence-electron chi connectivity index (χ4n) is 9.54. The Bertz CT molecular complexity index is 2780. The van der Waals surface area contributed by atoms with Gasteiger partial charge in [-0.3, -0.25) is 0 Å². The molecule has 1 aliphatic carbocycles. The maximum absolute atomic E-state index is 13.0. The van der Waals surface area contributed by atoms with Gasteiger partial charge in [0.2, 0.25) is 0 Å². The molecule has 1 saturated carbocycles. The van der Waals surface area contributed by atoms with Crippen LogP contribution in [0.5, 0.6) is 5.75 Å². The first-order valence-corrected chi connectivity index (χ1v) is 25.7. The highest BCUT2D eigenvalue weighted by atomic mass is 16.7. The summed E-state index contributed by atoms with van der Waals surface area (Å²) in [7, 11) is 1.61. The fourth-order valence-corrected chi connectivity index (χ4v) is 9.54. The molecule has 14 heteroatoms. The molecule has 2 fully saturated rings. The molecule has 14 nitrogen and oxygen atoms in total. The Morgan fingerprint density at radius 3 is 1.17 bits per heavy atom. The van der Waals surface area contributed by atoms with Gasteiger partial charge < -0.3 is 52.5 Å². The van der Waals surface area contributed by atoms with Gasteiger partial charge in [0.15, 0.2) is 6.29 Å². The molecule has 1 saturated heterocycles. The molecule has 1 N–H and O–H groups in total. The molecule has 2 aliphatic rings. The molecule has 1 heterocycles. The van der Waals surface area contributed by atoms with Crippen LogP contribution in [0.2, 0.25) is 0 Å². The van der Waals surface area contributed by atoms with Crippen LogP contribution in [-0.2, 0) is 88.9 Å². The number of rotatable bonds is 26. The summed E-state index contributed by atoms with van der Waals surface area (Å²) in [6.07, 6.45) is -10.7. The second-order valence-electron chi connectivity index (χ2n) is 18.8. The van der Waals surface area contributed by atoms with Crippen LogP contribution < -0.4 is 4.74 Å². The van der Waals surface area contributed by atoms with E-state index in [0.29, 0.717) is 5.75 Å². The average Bonchev–Trinajstić information content (AvgIpc) is 3.48. The zero-order valence-corrected chi connectivity index (χ0v) is 42.5. The van der Waals surface area contributed by atoms with Gasteiger partial charge in [0.25, 0.3) is 0 Å². The summed E-state index contributed by atoms with van der Waals surface area (Å²) < 4.78 is 67.7. The van der Waals surface area contributed by atoms with Gasteiger partial charge >= 0.3 is 0 Å². The van der Waals surface area contributed by atoms with Crippen molar-refractivity contribution >= 4 is 0 Å². The first-order chi connectivity index (χ1) is 37.5. The third kappa shape index (κ3) is 15.0. The summed E-state index contributed by atoms with van der Waals surface area (Å²) in [5, 5.41) is 17.4. The van der Waals surface area contributed by atoms with Gasteiger partial charge in [-0.15, -0.1) is 0 Å². The molecule has 7 aromatic carbocycles. The van der Waals surface area contributed by atoms with Gasteiger partial charge in [0.1, 0.15) is 66.7 Å². The SMILES string of the molecule is COc1ccc(CO[C@@H]2[C@H](O)[C@H](OCc3ccccc3)[C@@H](OCc3ccccc3)[C@H](OCc3ccccc3)[C@H]2O[C@H]2O[C@H](COCc3ccccc3)[C@@H](OCc3ccccc3)[C@H](OCc3ccccc3)[C@H]2N=[N+]=[N-])cc1. The zero-order chi connectivity index (χ0) is 52.2. The molecule has 11 atom stereocenters. The maximum Gasteiger partial charge on any atom is 0.169 e. The van der Waals surface area contributed by atoms with Gasteiger partial charge in [-0.25, -0.2) is 0 Å². The van der Waals surface area contributed by atoms with Crippen molar-refractivity contribution in [2.75, 3.05) is 13.7 Å². The van der Waals surface area contributed by atoms with Gasteiger partial charge in [-0.05, 0) is 56.6 Å². The lowest BCUT2D eigenvalue weighted by Gasteiger charge is -2.51. The standard InChI is InChI=1S/C62H65N3O11/c1-67-51-34-32-50(33-35-51)42-72-58-54(66)57(71-39-47-26-14-5-15-27-47)59(73-40-48-28-16-6-17-29-48)60(74-41-49-30-18-7-19-31-49)61(58)76-62-53(64-65-63)56(70-38-46-24-12-4-13-25-46)55(69-37-45-22-10-3-11-23-45)52(75-62)43-68-36-44-20-8-2-9-21-44/h2-35,52-62,66H,36-43H2,1H3/t52-,53-,54-,55-,56-,57+,58-,59-,60+,61+,62-/m1/s1. The number of methoxy groups -OCH3 is 1. The van der Waals surface area contributed by atoms with E-state index in [9.17, 15) is 10.6 Å². The van der Waals surface area contributed by atoms with E-state index in [-0.39, 0.29) is 52.9 Å². The number of azide groups is 1. The molecular weight excluding hydrogens is 963 g/mol. The highest BCUT2D eigenvalue weighted by molar-refractivity contribution is 5.27. The number of hydrogen-bond acceptors (Lipinski definition) is 12. The van der Waals surface area contributed by atoms with Crippen molar-refractivity contribution < 1.29 is 52.5 Å². The van der Waals surface area contributed by atoms with Crippen LogP contribution in [0.3, 0.4) is 0 Å². The van der Waals surface area contributed by atoms with Crippen molar-refractivity contribution in [2.45, 2.75) is 114 Å². The van der Waals surface area contributed by atoms with Crippen molar-refractivity contribution in [2.24, 2.45) is 5.11 Å². The van der Waals surface area contributed by atoms with Crippen LogP contribution in [-0.4, -0.2) is 86.1 Å². The molecule has 7 aromatic rings. The molecule has 0 amide bonds. The molecule has 0 aromatic heterocycles. The summed E-state index contributed by atoms with van der Waals surface area (Å²) in [6.45, 7) is 1.14. The minimum Gasteiger partial charge on any atom is -0.497 e. The second-order valence-corrected chi connectivity index (χ2v) is 18.8. The van der Waals surface area contributed by atoms with E-state index in [1.165, 1.54) is 0 Å². The smallest absolute Gasteiger partial charge is 0.169 e. The maximum atomic E-state index is 13.0. The molecule has 0 bridgehead atoms. The van der Waals surface area contributed by atoms with Crippen LogP contribution in [0, 0.1) is 0 Å². The van der Waals surface area contributed by atoms with E-state index in [0.717, 1.165) is 38.9 Å². The first-order valence-electron chi connectivity index (χ1n) is 25.7. The molecule has 0 unspecified atom stereocenters. The van der Waals surface area contributed by atoms with E-state index in [4.69, 9.17) is 47.4 Å². The largest absolute Gasteiger partial charge is 0.497 e. The van der Waals surface area contributed by atoms with Gasteiger partial charge in [0, 0.05) is 4.91 Å². The number of nitrogens with zero attached hydrogens (tertiary/aromatic N) is 3. The topological polar surface area (TPSA) is 161 Å². The summed E-state index contributed by atoms with van der Waals surface area (Å²) in [4.78, 5) is 3.38. The number of aliphatic hydroxyl groups is 1. The highest BCUT2D eigenvalue weighted by Crippen LogP contribution is 2.38. The summed E-state index contributed by atoms with van der Waals surface area (Å²) in [5.74, 6) is 0.681. The molecule has 76 heavy (non-hydrogen) atoms. The Labute approximate surface area is 444 Å². The Balaban J connectivity index is 1.13. The van der Waals surface area contributed by atoms with E-state index in [1.807, 2.05) is 206 Å². The van der Waals surface area contributed by atoms with Crippen molar-refractivity contribution in [3.63, 3.8) is 0 Å². The lowest BCUT2D eigenvalue weighted by Crippen LogP contribution is -2.69. The molecule has 9 rings (SSSR count). The van der Waals surface area contributed by atoms with E-state index >= 15 is 0 Å². The first kappa shape index (κ1) is 54.1. The number of ether oxygens (including phenoxy) is 10. The van der Waals surface area contributed by atoms with Crippen LogP contribution in [0.1, 0.15) is 38.9 Å². The molecule has 1 aliphatic heterocycles. The predicted molar refractivity (Wildman–Crippen MR) is 285 cm³/mol. The monoisotopic (exact) mass is 1030 g/mol. The Morgan fingerprint density at radius 1 is 0.421 bits per heavy atom. The van der Waals surface area contributed by atoms with Crippen molar-refractivity contribution in [1.29, 1.82) is 0 Å². The third-order valence-corrected chi connectivity index (χ3v) is 13.5. The minimum atomic E-state index is -1.37. The predicted octanol–water partition coefficient (Wildman–Crippen LogP) is 10.9. The van der Waals surface area contributed by atoms with E-state index in [1.54, 1.807) is 7.11 Å². The van der Waals surface area contributed by atoms with Crippen LogP contribution in [0.25, 0.3) is 10.4 Å². The molecule has 0 spiro atoms.